The molecule has 0 fully saturated rings. The highest BCUT2D eigenvalue weighted by atomic mass is 16.3. The standard InChI is InChI=1S/C19H25N3O2/c1-4-11-20-16-17(21-12-13-22(5-2)6-3)19(24)15-10-8-7-9-14(15)18(16)23/h4,7-11,21,23-24H,1,5-6,12-13H2,2-3H3. The zero-order chi connectivity index (χ0) is 17.5. The van der Waals surface area contributed by atoms with Gasteiger partial charge >= 0.3 is 0 Å². The molecule has 0 heterocycles. The fourth-order valence-corrected chi connectivity index (χ4v) is 2.69. The number of hydrogen-bond donors (Lipinski definition) is 3. The van der Waals surface area contributed by atoms with Gasteiger partial charge in [0.2, 0.25) is 0 Å². The van der Waals surface area contributed by atoms with Crippen molar-refractivity contribution in [1.82, 2.24) is 4.90 Å². The summed E-state index contributed by atoms with van der Waals surface area (Å²) in [5, 5.41) is 25.6. The van der Waals surface area contributed by atoms with Crippen molar-refractivity contribution in [3.8, 4) is 11.5 Å². The van der Waals surface area contributed by atoms with Gasteiger partial charge in [0.1, 0.15) is 17.1 Å². The minimum Gasteiger partial charge on any atom is -0.505 e. The fraction of sp³-hybridized carbons (Fsp3) is 0.316. The Morgan fingerprint density at radius 3 is 2.33 bits per heavy atom. The number of rotatable bonds is 8. The molecule has 2 rings (SSSR count). The first-order valence-corrected chi connectivity index (χ1v) is 8.21. The maximum Gasteiger partial charge on any atom is 0.151 e. The summed E-state index contributed by atoms with van der Waals surface area (Å²) in [7, 11) is 0. The Morgan fingerprint density at radius 2 is 1.75 bits per heavy atom. The van der Waals surface area contributed by atoms with Crippen LogP contribution in [-0.2, 0) is 0 Å². The first-order chi connectivity index (χ1) is 11.6. The van der Waals surface area contributed by atoms with Gasteiger partial charge in [0, 0.05) is 30.1 Å². The summed E-state index contributed by atoms with van der Waals surface area (Å²) >= 11 is 0. The molecule has 128 valence electrons. The van der Waals surface area contributed by atoms with E-state index in [4.69, 9.17) is 0 Å². The maximum absolute atomic E-state index is 10.6. The lowest BCUT2D eigenvalue weighted by Gasteiger charge is -2.20. The topological polar surface area (TPSA) is 68.1 Å². The van der Waals surface area contributed by atoms with Gasteiger partial charge in [0.15, 0.2) is 5.75 Å². The van der Waals surface area contributed by atoms with Crippen LogP contribution >= 0.6 is 0 Å². The van der Waals surface area contributed by atoms with E-state index in [1.54, 1.807) is 12.1 Å². The number of anilines is 1. The Balaban J connectivity index is 2.43. The van der Waals surface area contributed by atoms with Crippen molar-refractivity contribution in [2.75, 3.05) is 31.5 Å². The molecule has 0 unspecified atom stereocenters. The van der Waals surface area contributed by atoms with Gasteiger partial charge in [-0.25, -0.2) is 0 Å². The molecule has 5 heteroatoms. The Bertz CT molecular complexity index is 737. The molecule has 0 saturated carbocycles. The molecule has 0 spiro atoms. The van der Waals surface area contributed by atoms with E-state index < -0.39 is 0 Å². The minimum atomic E-state index is 0.0480. The number of phenols is 2. The summed E-state index contributed by atoms with van der Waals surface area (Å²) in [6, 6.07) is 7.18. The van der Waals surface area contributed by atoms with Crippen molar-refractivity contribution in [3.63, 3.8) is 0 Å². The van der Waals surface area contributed by atoms with Crippen LogP contribution in [0.3, 0.4) is 0 Å². The molecule has 0 aliphatic rings. The second-order valence-electron chi connectivity index (χ2n) is 5.43. The van der Waals surface area contributed by atoms with Crippen LogP contribution < -0.4 is 5.32 Å². The predicted molar refractivity (Wildman–Crippen MR) is 102 cm³/mol. The van der Waals surface area contributed by atoms with E-state index in [1.165, 1.54) is 12.3 Å². The average molecular weight is 327 g/mol. The summed E-state index contributed by atoms with van der Waals surface area (Å²) in [6.45, 7) is 11.2. The van der Waals surface area contributed by atoms with Crippen molar-refractivity contribution in [1.29, 1.82) is 0 Å². The van der Waals surface area contributed by atoms with Gasteiger partial charge in [0.25, 0.3) is 0 Å². The number of aliphatic imine (C=N–C) groups is 1. The van der Waals surface area contributed by atoms with Gasteiger partial charge < -0.3 is 20.4 Å². The number of fused-ring (bicyclic) bond motifs is 1. The lowest BCUT2D eigenvalue weighted by molar-refractivity contribution is 0.316. The maximum atomic E-state index is 10.6. The summed E-state index contributed by atoms with van der Waals surface area (Å²) in [5.41, 5.74) is 0.766. The molecule has 0 aliphatic heterocycles. The third-order valence-corrected chi connectivity index (χ3v) is 4.07. The quantitative estimate of drug-likeness (QED) is 0.391. The van der Waals surface area contributed by atoms with E-state index >= 15 is 0 Å². The number of allylic oxidation sites excluding steroid dienone is 1. The molecule has 2 aromatic rings. The van der Waals surface area contributed by atoms with E-state index in [0.717, 1.165) is 19.6 Å². The van der Waals surface area contributed by atoms with Gasteiger partial charge in [-0.15, -0.1) is 0 Å². The lowest BCUT2D eigenvalue weighted by Crippen LogP contribution is -2.28. The number of hydrogen-bond acceptors (Lipinski definition) is 5. The van der Waals surface area contributed by atoms with E-state index in [1.807, 2.05) is 12.1 Å². The Hall–Kier alpha value is -2.53. The molecule has 0 bridgehead atoms. The van der Waals surface area contributed by atoms with Crippen LogP contribution in [0.15, 0.2) is 41.9 Å². The summed E-state index contributed by atoms with van der Waals surface area (Å²) in [6.07, 6.45) is 3.03. The highest BCUT2D eigenvalue weighted by Crippen LogP contribution is 2.48. The third kappa shape index (κ3) is 3.68. The van der Waals surface area contributed by atoms with Crippen LogP contribution in [0.4, 0.5) is 11.4 Å². The summed E-state index contributed by atoms with van der Waals surface area (Å²) < 4.78 is 0. The number of nitrogens with zero attached hydrogens (tertiary/aromatic N) is 2. The number of likely N-dealkylation sites (N-methyl/N-ethyl adjacent to an activating group) is 1. The van der Waals surface area contributed by atoms with Crippen molar-refractivity contribution in [2.24, 2.45) is 4.99 Å². The molecular formula is C19H25N3O2. The van der Waals surface area contributed by atoms with Crippen LogP contribution in [0.2, 0.25) is 0 Å². The Kier molecular flexibility index (Phi) is 6.21. The zero-order valence-electron chi connectivity index (χ0n) is 14.3. The van der Waals surface area contributed by atoms with Crippen molar-refractivity contribution >= 4 is 28.4 Å². The van der Waals surface area contributed by atoms with Crippen molar-refractivity contribution in [3.05, 3.63) is 36.9 Å². The number of benzene rings is 2. The predicted octanol–water partition coefficient (Wildman–Crippen LogP) is 3.89. The fourth-order valence-electron chi connectivity index (χ4n) is 2.69. The molecule has 0 radical (unpaired) electrons. The molecule has 5 nitrogen and oxygen atoms in total. The van der Waals surface area contributed by atoms with Crippen LogP contribution in [-0.4, -0.2) is 47.5 Å². The second kappa shape index (κ2) is 8.36. The molecular weight excluding hydrogens is 302 g/mol. The number of nitrogens with one attached hydrogen (secondary N) is 1. The normalized spacial score (nSPS) is 11.5. The first-order valence-electron chi connectivity index (χ1n) is 8.21. The molecule has 0 saturated heterocycles. The van der Waals surface area contributed by atoms with Crippen molar-refractivity contribution in [2.45, 2.75) is 13.8 Å². The van der Waals surface area contributed by atoms with Gasteiger partial charge in [-0.1, -0.05) is 50.8 Å². The van der Waals surface area contributed by atoms with Gasteiger partial charge in [-0.3, -0.25) is 4.99 Å². The molecule has 24 heavy (non-hydrogen) atoms. The second-order valence-corrected chi connectivity index (χ2v) is 5.43. The molecule has 0 aromatic heterocycles. The highest BCUT2D eigenvalue weighted by Gasteiger charge is 2.18. The lowest BCUT2D eigenvalue weighted by atomic mass is 10.1. The molecule has 0 atom stereocenters. The zero-order valence-corrected chi connectivity index (χ0v) is 14.3. The third-order valence-electron chi connectivity index (χ3n) is 4.07. The van der Waals surface area contributed by atoms with E-state index in [9.17, 15) is 10.2 Å². The summed E-state index contributed by atoms with van der Waals surface area (Å²) in [4.78, 5) is 6.52. The number of aromatic hydroxyl groups is 2. The molecule has 0 aliphatic carbocycles. The number of phenolic OH excluding ortho intramolecular Hbond substituents is 2. The van der Waals surface area contributed by atoms with E-state index in [-0.39, 0.29) is 11.5 Å². The monoisotopic (exact) mass is 327 g/mol. The largest absolute Gasteiger partial charge is 0.505 e. The van der Waals surface area contributed by atoms with Crippen LogP contribution in [0.1, 0.15) is 13.8 Å². The smallest absolute Gasteiger partial charge is 0.151 e. The van der Waals surface area contributed by atoms with E-state index in [2.05, 4.69) is 35.6 Å². The summed E-state index contributed by atoms with van der Waals surface area (Å²) in [5.74, 6) is 0.144. The van der Waals surface area contributed by atoms with Gasteiger partial charge in [-0.05, 0) is 13.1 Å². The van der Waals surface area contributed by atoms with E-state index in [0.29, 0.717) is 28.7 Å². The Morgan fingerprint density at radius 1 is 1.12 bits per heavy atom. The van der Waals surface area contributed by atoms with Gasteiger partial charge in [0.05, 0.1) is 0 Å². The van der Waals surface area contributed by atoms with Crippen LogP contribution in [0, 0.1) is 0 Å². The first kappa shape index (κ1) is 17.8. The average Bonchev–Trinajstić information content (AvgIpc) is 2.62. The van der Waals surface area contributed by atoms with Crippen LogP contribution in [0.25, 0.3) is 10.8 Å². The molecule has 0 amide bonds. The van der Waals surface area contributed by atoms with Crippen LogP contribution in [0.5, 0.6) is 11.5 Å². The van der Waals surface area contributed by atoms with Gasteiger partial charge in [-0.2, -0.15) is 0 Å². The van der Waals surface area contributed by atoms with Crippen molar-refractivity contribution < 1.29 is 10.2 Å². The molecule has 2 aromatic carbocycles. The highest BCUT2D eigenvalue weighted by molar-refractivity contribution is 6.04. The Labute approximate surface area is 143 Å². The SMILES string of the molecule is C=CC=Nc1c(NCCN(CC)CC)c(O)c2ccccc2c1O. The molecule has 3 N–H and O–H groups in total. The minimum absolute atomic E-state index is 0.0480.